The van der Waals surface area contributed by atoms with Crippen LogP contribution in [-0.2, 0) is 22.7 Å². The summed E-state index contributed by atoms with van der Waals surface area (Å²) in [4.78, 5) is 28.7. The number of hydrogen-bond donors (Lipinski definition) is 1. The molecule has 0 fully saturated rings. The molecule has 0 unspecified atom stereocenters. The average Bonchev–Trinajstić information content (AvgIpc) is 3.35. The van der Waals surface area contributed by atoms with Crippen LogP contribution in [0, 0.1) is 5.92 Å². The molecule has 0 aliphatic carbocycles. The lowest BCUT2D eigenvalue weighted by molar-refractivity contribution is -0.144. The van der Waals surface area contributed by atoms with E-state index in [-0.39, 0.29) is 31.1 Å². The van der Waals surface area contributed by atoms with Crippen molar-refractivity contribution >= 4 is 11.8 Å². The molecule has 2 amide bonds. The Hall–Kier alpha value is -4.00. The summed E-state index contributed by atoms with van der Waals surface area (Å²) >= 11 is 0. The molecule has 7 heteroatoms. The van der Waals surface area contributed by atoms with Gasteiger partial charge in [-0.3, -0.25) is 9.59 Å². The molecule has 1 aliphatic heterocycles. The summed E-state index contributed by atoms with van der Waals surface area (Å²) in [5.74, 6) is 1.45. The Morgan fingerprint density at radius 1 is 0.943 bits per heavy atom. The van der Waals surface area contributed by atoms with E-state index < -0.39 is 6.04 Å². The van der Waals surface area contributed by atoms with Gasteiger partial charge in [0, 0.05) is 19.0 Å². The molecule has 7 nitrogen and oxygen atoms in total. The molecule has 0 radical (unpaired) electrons. The lowest BCUT2D eigenvalue weighted by Gasteiger charge is -2.33. The largest absolute Gasteiger partial charge is 0.497 e. The Labute approximate surface area is 205 Å². The average molecular weight is 475 g/mol. The number of nitrogens with one attached hydrogen (secondary N) is 1. The van der Waals surface area contributed by atoms with Gasteiger partial charge < -0.3 is 24.4 Å². The summed E-state index contributed by atoms with van der Waals surface area (Å²) in [6.07, 6.45) is 0. The molecule has 1 aliphatic rings. The van der Waals surface area contributed by atoms with Crippen LogP contribution in [0.2, 0.25) is 0 Å². The minimum absolute atomic E-state index is 0.104. The predicted molar refractivity (Wildman–Crippen MR) is 132 cm³/mol. The van der Waals surface area contributed by atoms with E-state index >= 15 is 0 Å². The van der Waals surface area contributed by atoms with Crippen LogP contribution in [0.5, 0.6) is 17.2 Å². The summed E-state index contributed by atoms with van der Waals surface area (Å²) in [5, 5.41) is 3.02. The van der Waals surface area contributed by atoms with Gasteiger partial charge in [0.1, 0.15) is 11.8 Å². The molecule has 1 atom stereocenters. The predicted octanol–water partition coefficient (Wildman–Crippen LogP) is 4.47. The molecule has 0 aromatic heterocycles. The molecule has 4 rings (SSSR count). The third kappa shape index (κ3) is 5.74. The van der Waals surface area contributed by atoms with Crippen molar-refractivity contribution in [3.63, 3.8) is 0 Å². The highest BCUT2D eigenvalue weighted by Crippen LogP contribution is 2.32. The summed E-state index contributed by atoms with van der Waals surface area (Å²) in [7, 11) is 1.61. The van der Waals surface area contributed by atoms with Crippen LogP contribution in [0.4, 0.5) is 0 Å². The van der Waals surface area contributed by atoms with Gasteiger partial charge >= 0.3 is 0 Å². The molecule has 1 N–H and O–H groups in total. The first-order valence-corrected chi connectivity index (χ1v) is 11.6. The molecule has 0 saturated carbocycles. The molecular weight excluding hydrogens is 444 g/mol. The highest BCUT2D eigenvalue weighted by atomic mass is 16.7. The van der Waals surface area contributed by atoms with Crippen LogP contribution in [0.1, 0.15) is 36.6 Å². The number of carbonyl (C=O) groups is 2. The number of carbonyl (C=O) groups excluding carboxylic acids is 2. The van der Waals surface area contributed by atoms with Gasteiger partial charge in [0.15, 0.2) is 11.5 Å². The van der Waals surface area contributed by atoms with Crippen molar-refractivity contribution in [3.8, 4) is 17.2 Å². The Balaban J connectivity index is 1.61. The van der Waals surface area contributed by atoms with Crippen LogP contribution < -0.4 is 19.5 Å². The number of rotatable bonds is 9. The standard InChI is InChI=1S/C28H30N2O5/c1-19(2)28(32)30(17-20-9-12-23(33-3)13-10-20)26(22-7-5-4-6-8-22)27(31)29-16-21-11-14-24-25(15-21)35-18-34-24/h4-15,19,26H,16-18H2,1-3H3,(H,29,31)/t26-/m1/s1. The second-order valence-corrected chi connectivity index (χ2v) is 8.69. The highest BCUT2D eigenvalue weighted by molar-refractivity contribution is 5.89. The van der Waals surface area contributed by atoms with E-state index in [2.05, 4.69) is 5.32 Å². The van der Waals surface area contributed by atoms with Gasteiger partial charge in [0.2, 0.25) is 18.6 Å². The van der Waals surface area contributed by atoms with E-state index in [0.717, 1.165) is 22.4 Å². The van der Waals surface area contributed by atoms with Gasteiger partial charge in [-0.1, -0.05) is 62.4 Å². The van der Waals surface area contributed by atoms with Crippen molar-refractivity contribution in [2.45, 2.75) is 33.0 Å². The maximum Gasteiger partial charge on any atom is 0.247 e. The summed E-state index contributed by atoms with van der Waals surface area (Å²) < 4.78 is 16.1. The summed E-state index contributed by atoms with van der Waals surface area (Å²) in [5.41, 5.74) is 2.54. The lowest BCUT2D eigenvalue weighted by atomic mass is 10.0. The number of fused-ring (bicyclic) bond motifs is 1. The number of nitrogens with zero attached hydrogens (tertiary/aromatic N) is 1. The van der Waals surface area contributed by atoms with Gasteiger partial charge in [0.25, 0.3) is 0 Å². The number of methoxy groups -OCH3 is 1. The maximum atomic E-state index is 13.6. The zero-order chi connectivity index (χ0) is 24.8. The molecule has 3 aromatic rings. The van der Waals surface area contributed by atoms with E-state index in [1.807, 2.05) is 86.6 Å². The van der Waals surface area contributed by atoms with E-state index in [1.54, 1.807) is 12.0 Å². The minimum Gasteiger partial charge on any atom is -0.497 e. The fourth-order valence-corrected chi connectivity index (χ4v) is 4.00. The second-order valence-electron chi connectivity index (χ2n) is 8.69. The van der Waals surface area contributed by atoms with Crippen LogP contribution in [0.3, 0.4) is 0 Å². The van der Waals surface area contributed by atoms with Crippen LogP contribution in [0.15, 0.2) is 72.8 Å². The highest BCUT2D eigenvalue weighted by Gasteiger charge is 2.32. The first kappa shape index (κ1) is 24.1. The van der Waals surface area contributed by atoms with Crippen molar-refractivity contribution in [1.82, 2.24) is 10.2 Å². The topological polar surface area (TPSA) is 77.1 Å². The van der Waals surface area contributed by atoms with Crippen LogP contribution >= 0.6 is 0 Å². The molecule has 3 aromatic carbocycles. The van der Waals surface area contributed by atoms with Crippen molar-refractivity contribution in [2.75, 3.05) is 13.9 Å². The number of ether oxygens (including phenoxy) is 3. The van der Waals surface area contributed by atoms with Crippen molar-refractivity contribution < 1.29 is 23.8 Å². The summed E-state index contributed by atoms with van der Waals surface area (Å²) in [6, 6.07) is 21.7. The first-order chi connectivity index (χ1) is 17.0. The SMILES string of the molecule is COc1ccc(CN(C(=O)C(C)C)[C@@H](C(=O)NCc2ccc3c(c2)OCO3)c2ccccc2)cc1. The van der Waals surface area contributed by atoms with Crippen molar-refractivity contribution in [3.05, 3.63) is 89.5 Å². The van der Waals surface area contributed by atoms with Crippen LogP contribution in [0.25, 0.3) is 0 Å². The van der Waals surface area contributed by atoms with Gasteiger partial charge in [-0.2, -0.15) is 0 Å². The zero-order valence-corrected chi connectivity index (χ0v) is 20.2. The lowest BCUT2D eigenvalue weighted by Crippen LogP contribution is -2.44. The number of benzene rings is 3. The zero-order valence-electron chi connectivity index (χ0n) is 20.2. The van der Waals surface area contributed by atoms with Gasteiger partial charge in [-0.15, -0.1) is 0 Å². The fraction of sp³-hybridized carbons (Fsp3) is 0.286. The normalized spacial score (nSPS) is 12.8. The molecule has 35 heavy (non-hydrogen) atoms. The molecule has 0 bridgehead atoms. The Kier molecular flexibility index (Phi) is 7.55. The van der Waals surface area contributed by atoms with Crippen LogP contribution in [-0.4, -0.2) is 30.6 Å². The quantitative estimate of drug-likeness (QED) is 0.495. The van der Waals surface area contributed by atoms with Gasteiger partial charge in [-0.05, 0) is 41.0 Å². The monoisotopic (exact) mass is 474 g/mol. The molecule has 182 valence electrons. The smallest absolute Gasteiger partial charge is 0.247 e. The number of amides is 2. The Bertz CT molecular complexity index is 1160. The third-order valence-corrected chi connectivity index (χ3v) is 5.87. The fourth-order valence-electron chi connectivity index (χ4n) is 4.00. The summed E-state index contributed by atoms with van der Waals surface area (Å²) in [6.45, 7) is 4.47. The second kappa shape index (κ2) is 11.0. The van der Waals surface area contributed by atoms with Gasteiger partial charge in [0.05, 0.1) is 7.11 Å². The number of hydrogen-bond acceptors (Lipinski definition) is 5. The Morgan fingerprint density at radius 2 is 1.63 bits per heavy atom. The molecular formula is C28H30N2O5. The molecule has 0 saturated heterocycles. The molecule has 1 heterocycles. The van der Waals surface area contributed by atoms with E-state index in [0.29, 0.717) is 18.0 Å². The first-order valence-electron chi connectivity index (χ1n) is 11.6. The van der Waals surface area contributed by atoms with Crippen molar-refractivity contribution in [2.24, 2.45) is 5.92 Å². The van der Waals surface area contributed by atoms with E-state index in [9.17, 15) is 9.59 Å². The maximum absolute atomic E-state index is 13.6. The Morgan fingerprint density at radius 3 is 2.31 bits per heavy atom. The van der Waals surface area contributed by atoms with Gasteiger partial charge in [-0.25, -0.2) is 0 Å². The third-order valence-electron chi connectivity index (χ3n) is 5.87. The van der Waals surface area contributed by atoms with Crippen molar-refractivity contribution in [1.29, 1.82) is 0 Å². The molecule has 0 spiro atoms. The van der Waals surface area contributed by atoms with E-state index in [1.165, 1.54) is 0 Å². The minimum atomic E-state index is -0.790. The van der Waals surface area contributed by atoms with E-state index in [4.69, 9.17) is 14.2 Å².